The van der Waals surface area contributed by atoms with Gasteiger partial charge in [-0.05, 0) is 37.0 Å². The summed E-state index contributed by atoms with van der Waals surface area (Å²) in [6, 6.07) is 0.192. The van der Waals surface area contributed by atoms with E-state index in [-0.39, 0.29) is 23.3 Å². The van der Waals surface area contributed by atoms with Gasteiger partial charge >= 0.3 is 0 Å². The van der Waals surface area contributed by atoms with Crippen LogP contribution in [0.15, 0.2) is 0 Å². The normalized spacial score (nSPS) is 27.4. The SMILES string of the molecule is CCCCCC(C)(C)CNC(=O)C1CCC(C)C(N)C1. The zero-order valence-corrected chi connectivity index (χ0v) is 13.9. The van der Waals surface area contributed by atoms with Gasteiger partial charge in [0.05, 0.1) is 0 Å². The fraction of sp³-hybridized carbons (Fsp3) is 0.941. The second-order valence-electron chi connectivity index (χ2n) is 7.49. The van der Waals surface area contributed by atoms with Gasteiger partial charge in [0.1, 0.15) is 0 Å². The summed E-state index contributed by atoms with van der Waals surface area (Å²) in [7, 11) is 0. The number of amides is 1. The lowest BCUT2D eigenvalue weighted by atomic mass is 9.79. The topological polar surface area (TPSA) is 55.1 Å². The molecule has 0 spiro atoms. The molecule has 0 aromatic rings. The van der Waals surface area contributed by atoms with E-state index < -0.39 is 0 Å². The van der Waals surface area contributed by atoms with Crippen LogP contribution in [0.3, 0.4) is 0 Å². The lowest BCUT2D eigenvalue weighted by molar-refractivity contribution is -0.126. The Morgan fingerprint density at radius 3 is 2.60 bits per heavy atom. The van der Waals surface area contributed by atoms with Crippen molar-refractivity contribution in [1.29, 1.82) is 0 Å². The maximum Gasteiger partial charge on any atom is 0.223 e. The van der Waals surface area contributed by atoms with Crippen LogP contribution in [-0.4, -0.2) is 18.5 Å². The molecule has 3 atom stereocenters. The van der Waals surface area contributed by atoms with Gasteiger partial charge in [0.25, 0.3) is 0 Å². The Labute approximate surface area is 125 Å². The van der Waals surface area contributed by atoms with Gasteiger partial charge in [0, 0.05) is 18.5 Å². The van der Waals surface area contributed by atoms with E-state index in [1.165, 1.54) is 25.7 Å². The molecular weight excluding hydrogens is 248 g/mol. The highest BCUT2D eigenvalue weighted by molar-refractivity contribution is 5.78. The van der Waals surface area contributed by atoms with E-state index in [9.17, 15) is 4.79 Å². The first kappa shape index (κ1) is 17.5. The average Bonchev–Trinajstić information content (AvgIpc) is 2.39. The lowest BCUT2D eigenvalue weighted by Crippen LogP contribution is -2.43. The van der Waals surface area contributed by atoms with Crippen LogP contribution < -0.4 is 11.1 Å². The molecule has 3 N–H and O–H groups in total. The van der Waals surface area contributed by atoms with Gasteiger partial charge in [-0.25, -0.2) is 0 Å². The van der Waals surface area contributed by atoms with Gasteiger partial charge in [-0.2, -0.15) is 0 Å². The van der Waals surface area contributed by atoms with E-state index in [1.807, 2.05) is 0 Å². The molecule has 3 nitrogen and oxygen atoms in total. The van der Waals surface area contributed by atoms with Crippen molar-refractivity contribution in [1.82, 2.24) is 5.32 Å². The molecule has 0 aromatic heterocycles. The third kappa shape index (κ3) is 5.82. The lowest BCUT2D eigenvalue weighted by Gasteiger charge is -2.32. The van der Waals surface area contributed by atoms with Crippen LogP contribution in [0.2, 0.25) is 0 Å². The summed E-state index contributed by atoms with van der Waals surface area (Å²) in [6.45, 7) is 9.70. The number of unbranched alkanes of at least 4 members (excludes halogenated alkanes) is 2. The Bertz CT molecular complexity index is 301. The number of carbonyl (C=O) groups is 1. The summed E-state index contributed by atoms with van der Waals surface area (Å²) >= 11 is 0. The van der Waals surface area contributed by atoms with Crippen molar-refractivity contribution in [3.8, 4) is 0 Å². The minimum atomic E-state index is 0.132. The summed E-state index contributed by atoms with van der Waals surface area (Å²) in [5, 5.41) is 3.16. The first-order chi connectivity index (χ1) is 9.35. The van der Waals surface area contributed by atoms with Gasteiger partial charge in [0.15, 0.2) is 0 Å². The van der Waals surface area contributed by atoms with E-state index in [1.54, 1.807) is 0 Å². The van der Waals surface area contributed by atoms with Crippen LogP contribution in [0, 0.1) is 17.3 Å². The Morgan fingerprint density at radius 2 is 2.00 bits per heavy atom. The largest absolute Gasteiger partial charge is 0.355 e. The van der Waals surface area contributed by atoms with E-state index in [4.69, 9.17) is 5.73 Å². The van der Waals surface area contributed by atoms with E-state index in [0.29, 0.717) is 5.92 Å². The smallest absolute Gasteiger partial charge is 0.223 e. The summed E-state index contributed by atoms with van der Waals surface area (Å²) in [6.07, 6.45) is 7.90. The molecule has 0 aromatic carbocycles. The average molecular weight is 282 g/mol. The van der Waals surface area contributed by atoms with Gasteiger partial charge < -0.3 is 11.1 Å². The van der Waals surface area contributed by atoms with Crippen molar-refractivity contribution in [3.63, 3.8) is 0 Å². The van der Waals surface area contributed by atoms with Crippen LogP contribution in [0.1, 0.15) is 72.6 Å². The minimum absolute atomic E-state index is 0.132. The molecule has 0 radical (unpaired) electrons. The molecule has 0 aliphatic heterocycles. The summed E-state index contributed by atoms with van der Waals surface area (Å²) in [5.74, 6) is 0.910. The van der Waals surface area contributed by atoms with Crippen molar-refractivity contribution in [2.24, 2.45) is 23.0 Å². The molecule has 0 saturated heterocycles. The molecule has 1 fully saturated rings. The van der Waals surface area contributed by atoms with Crippen LogP contribution in [0.25, 0.3) is 0 Å². The molecule has 1 rings (SSSR count). The standard InChI is InChI=1S/C17H34N2O/c1-5-6-7-10-17(3,4)12-19-16(20)14-9-8-13(2)15(18)11-14/h13-15H,5-12,18H2,1-4H3,(H,19,20). The second-order valence-corrected chi connectivity index (χ2v) is 7.49. The quantitative estimate of drug-likeness (QED) is 0.702. The highest BCUT2D eigenvalue weighted by atomic mass is 16.1. The van der Waals surface area contributed by atoms with Gasteiger partial charge in [-0.3, -0.25) is 4.79 Å². The van der Waals surface area contributed by atoms with Crippen molar-refractivity contribution in [2.45, 2.75) is 78.7 Å². The Balaban J connectivity index is 2.31. The number of hydrogen-bond acceptors (Lipinski definition) is 2. The molecule has 0 bridgehead atoms. The maximum atomic E-state index is 12.3. The van der Waals surface area contributed by atoms with Gasteiger partial charge in [-0.15, -0.1) is 0 Å². The Morgan fingerprint density at radius 1 is 1.30 bits per heavy atom. The van der Waals surface area contributed by atoms with E-state index in [0.717, 1.165) is 25.8 Å². The highest BCUT2D eigenvalue weighted by Crippen LogP contribution is 2.28. The van der Waals surface area contributed by atoms with Crippen molar-refractivity contribution in [2.75, 3.05) is 6.54 Å². The van der Waals surface area contributed by atoms with Crippen LogP contribution >= 0.6 is 0 Å². The summed E-state index contributed by atoms with van der Waals surface area (Å²) in [5.41, 5.74) is 6.29. The van der Waals surface area contributed by atoms with Crippen LogP contribution in [-0.2, 0) is 4.79 Å². The van der Waals surface area contributed by atoms with Crippen LogP contribution in [0.5, 0.6) is 0 Å². The molecule has 3 unspecified atom stereocenters. The predicted octanol–water partition coefficient (Wildman–Crippen LogP) is 3.47. The molecular formula is C17H34N2O. The van der Waals surface area contributed by atoms with Crippen LogP contribution in [0.4, 0.5) is 0 Å². The third-order valence-corrected chi connectivity index (χ3v) is 4.83. The monoisotopic (exact) mass is 282 g/mol. The van der Waals surface area contributed by atoms with E-state index >= 15 is 0 Å². The van der Waals surface area contributed by atoms with Crippen molar-refractivity contribution >= 4 is 5.91 Å². The Hall–Kier alpha value is -0.570. The number of carbonyl (C=O) groups excluding carboxylic acids is 1. The van der Waals surface area contributed by atoms with E-state index in [2.05, 4.69) is 33.0 Å². The first-order valence-electron chi connectivity index (χ1n) is 8.39. The fourth-order valence-corrected chi connectivity index (χ4v) is 3.01. The van der Waals surface area contributed by atoms with Crippen molar-refractivity contribution < 1.29 is 4.79 Å². The zero-order chi connectivity index (χ0) is 15.2. The minimum Gasteiger partial charge on any atom is -0.355 e. The van der Waals surface area contributed by atoms with Crippen molar-refractivity contribution in [3.05, 3.63) is 0 Å². The highest BCUT2D eigenvalue weighted by Gasteiger charge is 2.30. The second kappa shape index (κ2) is 8.02. The zero-order valence-electron chi connectivity index (χ0n) is 13.9. The molecule has 1 aliphatic rings. The fourth-order valence-electron chi connectivity index (χ4n) is 3.01. The third-order valence-electron chi connectivity index (χ3n) is 4.83. The van der Waals surface area contributed by atoms with Gasteiger partial charge in [0.2, 0.25) is 5.91 Å². The maximum absolute atomic E-state index is 12.3. The molecule has 118 valence electrons. The Kier molecular flexibility index (Phi) is 7.01. The molecule has 20 heavy (non-hydrogen) atoms. The molecule has 3 heteroatoms. The number of nitrogens with one attached hydrogen (secondary N) is 1. The molecule has 1 saturated carbocycles. The summed E-state index contributed by atoms with van der Waals surface area (Å²) < 4.78 is 0. The predicted molar refractivity (Wildman–Crippen MR) is 85.4 cm³/mol. The number of rotatable bonds is 7. The number of hydrogen-bond donors (Lipinski definition) is 2. The number of nitrogens with two attached hydrogens (primary N) is 1. The summed E-state index contributed by atoms with van der Waals surface area (Å²) in [4.78, 5) is 12.3. The van der Waals surface area contributed by atoms with Gasteiger partial charge in [-0.1, -0.05) is 47.0 Å². The first-order valence-corrected chi connectivity index (χ1v) is 8.39. The molecule has 1 aliphatic carbocycles. The molecule has 1 amide bonds. The molecule has 0 heterocycles.